The molecule has 0 bridgehead atoms. The largest absolute Gasteiger partial charge is 0.312 e. The molecule has 140 valence electrons. The van der Waals surface area contributed by atoms with Crippen molar-refractivity contribution in [2.45, 2.75) is 32.4 Å². The molecule has 1 aliphatic rings. The van der Waals surface area contributed by atoms with Gasteiger partial charge in [-0.3, -0.25) is 14.6 Å². The average molecular weight is 369 g/mol. The quantitative estimate of drug-likeness (QED) is 0.586. The monoisotopic (exact) mass is 369 g/mol. The topological polar surface area (TPSA) is 55.6 Å². The van der Waals surface area contributed by atoms with Gasteiger partial charge in [0.1, 0.15) is 0 Å². The van der Waals surface area contributed by atoms with Gasteiger partial charge in [-0.25, -0.2) is 0 Å². The zero-order chi connectivity index (χ0) is 18.8. The van der Waals surface area contributed by atoms with Crippen LogP contribution in [0.4, 0.5) is 0 Å². The Balaban J connectivity index is 1.39. The molecule has 0 amide bonds. The zero-order valence-electron chi connectivity index (χ0n) is 15.8. The zero-order valence-corrected chi connectivity index (χ0v) is 15.8. The highest BCUT2D eigenvalue weighted by Crippen LogP contribution is 2.21. The summed E-state index contributed by atoms with van der Waals surface area (Å²) < 4.78 is 2.19. The predicted molar refractivity (Wildman–Crippen MR) is 110 cm³/mol. The van der Waals surface area contributed by atoms with Gasteiger partial charge in [-0.05, 0) is 42.7 Å². The number of pyridine rings is 2. The third-order valence-corrected chi connectivity index (χ3v) is 5.45. The summed E-state index contributed by atoms with van der Waals surface area (Å²) in [6.45, 7) is 2.73. The third kappa shape index (κ3) is 3.41. The summed E-state index contributed by atoms with van der Waals surface area (Å²) in [4.78, 5) is 8.94. The number of benzene rings is 1. The standard InChI is InChI=1S/C23H23N5/c1-2-4-21-18(3-1)5-6-19(26-21)7-8-22-20-15-25-14-11-23(20)28(27-22)16-17-9-12-24-13-10-17/h1-6,9-10,12-13,25H,7-8,11,14-16H2. The fourth-order valence-electron chi connectivity index (χ4n) is 3.98. The van der Waals surface area contributed by atoms with Gasteiger partial charge in [0.2, 0.25) is 0 Å². The molecule has 1 aliphatic heterocycles. The van der Waals surface area contributed by atoms with Crippen LogP contribution in [0.2, 0.25) is 0 Å². The summed E-state index contributed by atoms with van der Waals surface area (Å²) in [6.07, 6.45) is 6.54. The number of hydrogen-bond donors (Lipinski definition) is 1. The summed E-state index contributed by atoms with van der Waals surface area (Å²) in [7, 11) is 0. The molecule has 0 fully saturated rings. The maximum atomic E-state index is 4.99. The van der Waals surface area contributed by atoms with E-state index in [0.29, 0.717) is 0 Å². The predicted octanol–water partition coefficient (Wildman–Crippen LogP) is 3.31. The highest BCUT2D eigenvalue weighted by atomic mass is 15.3. The van der Waals surface area contributed by atoms with Crippen LogP contribution in [-0.2, 0) is 32.4 Å². The first-order valence-corrected chi connectivity index (χ1v) is 9.88. The van der Waals surface area contributed by atoms with Crippen LogP contribution in [0.15, 0.2) is 60.9 Å². The molecule has 1 N–H and O–H groups in total. The number of rotatable bonds is 5. The minimum atomic E-state index is 0.805. The number of aryl methyl sites for hydroxylation is 2. The van der Waals surface area contributed by atoms with E-state index in [9.17, 15) is 0 Å². The van der Waals surface area contributed by atoms with Crippen molar-refractivity contribution >= 4 is 10.9 Å². The first-order chi connectivity index (χ1) is 13.9. The van der Waals surface area contributed by atoms with Gasteiger partial charge >= 0.3 is 0 Å². The van der Waals surface area contributed by atoms with Crippen molar-refractivity contribution in [2.75, 3.05) is 6.54 Å². The summed E-state index contributed by atoms with van der Waals surface area (Å²) in [5.74, 6) is 0. The van der Waals surface area contributed by atoms with Gasteiger partial charge in [-0.2, -0.15) is 5.10 Å². The Hall–Kier alpha value is -3.05. The molecule has 5 rings (SSSR count). The lowest BCUT2D eigenvalue weighted by Crippen LogP contribution is -2.25. The van der Waals surface area contributed by atoms with Crippen LogP contribution in [0, 0.1) is 0 Å². The van der Waals surface area contributed by atoms with Gasteiger partial charge in [0.05, 0.1) is 17.8 Å². The number of nitrogens with one attached hydrogen (secondary N) is 1. The van der Waals surface area contributed by atoms with Crippen molar-refractivity contribution in [3.63, 3.8) is 0 Å². The molecule has 4 aromatic rings. The van der Waals surface area contributed by atoms with Crippen LogP contribution in [0.1, 0.15) is 28.2 Å². The van der Waals surface area contributed by atoms with Crippen molar-refractivity contribution < 1.29 is 0 Å². The first-order valence-electron chi connectivity index (χ1n) is 9.88. The molecule has 1 aromatic carbocycles. The molecule has 4 heterocycles. The van der Waals surface area contributed by atoms with Crippen molar-refractivity contribution in [3.8, 4) is 0 Å². The third-order valence-electron chi connectivity index (χ3n) is 5.45. The number of nitrogens with zero attached hydrogens (tertiary/aromatic N) is 4. The highest BCUT2D eigenvalue weighted by Gasteiger charge is 2.20. The number of fused-ring (bicyclic) bond motifs is 2. The van der Waals surface area contributed by atoms with Crippen molar-refractivity contribution in [2.24, 2.45) is 0 Å². The molecule has 0 saturated carbocycles. The van der Waals surface area contributed by atoms with E-state index in [2.05, 4.69) is 57.4 Å². The maximum Gasteiger partial charge on any atom is 0.0705 e. The lowest BCUT2D eigenvalue weighted by atomic mass is 10.0. The molecule has 0 saturated heterocycles. The fraction of sp³-hybridized carbons (Fsp3) is 0.261. The smallest absolute Gasteiger partial charge is 0.0705 e. The van der Waals surface area contributed by atoms with Gasteiger partial charge in [0.15, 0.2) is 0 Å². The molecular weight excluding hydrogens is 346 g/mol. The van der Waals surface area contributed by atoms with Crippen molar-refractivity contribution in [1.29, 1.82) is 0 Å². The highest BCUT2D eigenvalue weighted by molar-refractivity contribution is 5.78. The number of hydrogen-bond acceptors (Lipinski definition) is 4. The Kier molecular flexibility index (Phi) is 4.59. The second-order valence-corrected chi connectivity index (χ2v) is 7.31. The Morgan fingerprint density at radius 3 is 2.79 bits per heavy atom. The lowest BCUT2D eigenvalue weighted by molar-refractivity contribution is 0.582. The molecule has 0 spiro atoms. The first kappa shape index (κ1) is 17.1. The molecule has 28 heavy (non-hydrogen) atoms. The van der Waals surface area contributed by atoms with Crippen molar-refractivity contribution in [1.82, 2.24) is 25.1 Å². The minimum absolute atomic E-state index is 0.805. The molecule has 5 heteroatoms. The van der Waals surface area contributed by atoms with E-state index in [1.54, 1.807) is 0 Å². The normalized spacial score (nSPS) is 13.6. The van der Waals surface area contributed by atoms with E-state index < -0.39 is 0 Å². The Morgan fingerprint density at radius 1 is 0.964 bits per heavy atom. The van der Waals surface area contributed by atoms with Crippen LogP contribution < -0.4 is 5.32 Å². The Bertz CT molecular complexity index is 1100. The van der Waals surface area contributed by atoms with Crippen LogP contribution in [0.5, 0.6) is 0 Å². The van der Waals surface area contributed by atoms with Gasteiger partial charge in [-0.1, -0.05) is 24.3 Å². The Labute approximate surface area is 164 Å². The van der Waals surface area contributed by atoms with E-state index in [4.69, 9.17) is 10.1 Å². The van der Waals surface area contributed by atoms with Crippen LogP contribution in [-0.4, -0.2) is 26.3 Å². The van der Waals surface area contributed by atoms with Crippen LogP contribution >= 0.6 is 0 Å². The summed E-state index contributed by atoms with van der Waals surface area (Å²) in [6, 6.07) is 16.7. The molecule has 0 radical (unpaired) electrons. The summed E-state index contributed by atoms with van der Waals surface area (Å²) in [5.41, 5.74) is 7.37. The Morgan fingerprint density at radius 2 is 1.86 bits per heavy atom. The van der Waals surface area contributed by atoms with Crippen LogP contribution in [0.3, 0.4) is 0 Å². The molecule has 0 unspecified atom stereocenters. The van der Waals surface area contributed by atoms with E-state index in [-0.39, 0.29) is 0 Å². The summed E-state index contributed by atoms with van der Waals surface area (Å²) in [5, 5.41) is 9.68. The molecule has 0 atom stereocenters. The van der Waals surface area contributed by atoms with E-state index in [0.717, 1.165) is 50.1 Å². The van der Waals surface area contributed by atoms with Crippen molar-refractivity contribution in [3.05, 3.63) is 89.1 Å². The van der Waals surface area contributed by atoms with E-state index in [1.807, 2.05) is 18.5 Å². The minimum Gasteiger partial charge on any atom is -0.312 e. The van der Waals surface area contributed by atoms with Crippen LogP contribution in [0.25, 0.3) is 10.9 Å². The molecule has 5 nitrogen and oxygen atoms in total. The SMILES string of the molecule is c1ccc2nc(CCc3nn(Cc4ccncc4)c4c3CNCC4)ccc2c1. The van der Waals surface area contributed by atoms with Gasteiger partial charge in [0, 0.05) is 54.2 Å². The molecule has 3 aromatic heterocycles. The maximum absolute atomic E-state index is 4.99. The lowest BCUT2D eigenvalue weighted by Gasteiger charge is -2.15. The number of para-hydroxylation sites is 1. The van der Waals surface area contributed by atoms with Gasteiger partial charge in [-0.15, -0.1) is 0 Å². The molecular formula is C23H23N5. The second-order valence-electron chi connectivity index (χ2n) is 7.31. The summed E-state index contributed by atoms with van der Waals surface area (Å²) >= 11 is 0. The van der Waals surface area contributed by atoms with E-state index in [1.165, 1.54) is 27.9 Å². The van der Waals surface area contributed by atoms with Gasteiger partial charge in [0.25, 0.3) is 0 Å². The number of aromatic nitrogens is 4. The average Bonchev–Trinajstić information content (AvgIpc) is 3.10. The van der Waals surface area contributed by atoms with E-state index >= 15 is 0 Å². The second kappa shape index (κ2) is 7.52. The fourth-order valence-corrected chi connectivity index (χ4v) is 3.98. The van der Waals surface area contributed by atoms with Gasteiger partial charge < -0.3 is 5.32 Å². The molecule has 0 aliphatic carbocycles.